The molecular formula is C14H14N4OS. The van der Waals surface area contributed by atoms with E-state index in [1.54, 1.807) is 11.3 Å². The van der Waals surface area contributed by atoms with Gasteiger partial charge in [0.25, 0.3) is 0 Å². The van der Waals surface area contributed by atoms with Gasteiger partial charge in [-0.15, -0.1) is 11.3 Å². The van der Waals surface area contributed by atoms with Crippen molar-refractivity contribution in [1.82, 2.24) is 9.97 Å². The van der Waals surface area contributed by atoms with Gasteiger partial charge in [-0.3, -0.25) is 0 Å². The van der Waals surface area contributed by atoms with Gasteiger partial charge in [0, 0.05) is 0 Å². The van der Waals surface area contributed by atoms with Gasteiger partial charge < -0.3 is 10.2 Å². The van der Waals surface area contributed by atoms with Crippen LogP contribution in [0.5, 0.6) is 0 Å². The number of nitrogens with one attached hydrogen (secondary N) is 1. The van der Waals surface area contributed by atoms with E-state index in [9.17, 15) is 0 Å². The summed E-state index contributed by atoms with van der Waals surface area (Å²) in [4.78, 5) is 9.73. The van der Waals surface area contributed by atoms with Crippen LogP contribution in [0, 0.1) is 0 Å². The van der Waals surface area contributed by atoms with Crippen LogP contribution in [0.1, 0.15) is 11.4 Å². The molecule has 102 valence electrons. The Labute approximate surface area is 120 Å². The molecule has 0 fully saturated rings. The number of anilines is 1. The molecule has 3 aromatic rings. The lowest BCUT2D eigenvalue weighted by atomic mass is 10.2. The molecule has 0 spiro atoms. The Balaban J connectivity index is 1.71. The average molecular weight is 286 g/mol. The highest BCUT2D eigenvalue weighted by molar-refractivity contribution is 7.16. The minimum atomic E-state index is 0.359. The third kappa shape index (κ3) is 2.77. The Morgan fingerprint density at radius 3 is 2.75 bits per heavy atom. The summed E-state index contributed by atoms with van der Waals surface area (Å²) in [5, 5.41) is 2.90. The van der Waals surface area contributed by atoms with Crippen molar-refractivity contribution in [3.05, 3.63) is 53.2 Å². The van der Waals surface area contributed by atoms with Gasteiger partial charge in [0.05, 0.1) is 12.0 Å². The Bertz CT molecular complexity index is 699. The van der Waals surface area contributed by atoms with E-state index in [-0.39, 0.29) is 0 Å². The SMILES string of the molecule is NNc1nc(COCc2ccccc2)nc2sccc12. The van der Waals surface area contributed by atoms with Gasteiger partial charge in [0.1, 0.15) is 11.4 Å². The van der Waals surface area contributed by atoms with Crippen molar-refractivity contribution < 1.29 is 4.74 Å². The monoisotopic (exact) mass is 286 g/mol. The van der Waals surface area contributed by atoms with Crippen LogP contribution in [0.4, 0.5) is 5.82 Å². The number of hydrogen-bond donors (Lipinski definition) is 2. The van der Waals surface area contributed by atoms with Crippen LogP contribution in [0.15, 0.2) is 41.8 Å². The van der Waals surface area contributed by atoms with Crippen molar-refractivity contribution in [2.24, 2.45) is 5.84 Å². The van der Waals surface area contributed by atoms with Gasteiger partial charge in [-0.2, -0.15) is 0 Å². The van der Waals surface area contributed by atoms with E-state index in [0.29, 0.717) is 24.9 Å². The van der Waals surface area contributed by atoms with Crippen molar-refractivity contribution >= 4 is 27.4 Å². The number of thiophene rings is 1. The Hall–Kier alpha value is -2.02. The summed E-state index contributed by atoms with van der Waals surface area (Å²) in [5.41, 5.74) is 3.73. The molecule has 0 radical (unpaired) electrons. The Morgan fingerprint density at radius 1 is 1.10 bits per heavy atom. The summed E-state index contributed by atoms with van der Waals surface area (Å²) >= 11 is 1.56. The first-order valence-corrected chi connectivity index (χ1v) is 7.07. The van der Waals surface area contributed by atoms with Crippen LogP contribution >= 0.6 is 11.3 Å². The highest BCUT2D eigenvalue weighted by Crippen LogP contribution is 2.24. The number of nitrogen functional groups attached to an aromatic ring is 1. The molecule has 0 aliphatic carbocycles. The van der Waals surface area contributed by atoms with Crippen molar-refractivity contribution in [2.75, 3.05) is 5.43 Å². The lowest BCUT2D eigenvalue weighted by Gasteiger charge is -2.06. The third-order valence-corrected chi connectivity index (χ3v) is 3.66. The van der Waals surface area contributed by atoms with Gasteiger partial charge >= 0.3 is 0 Å². The quantitative estimate of drug-likeness (QED) is 0.557. The number of hydrazine groups is 1. The number of benzene rings is 1. The molecule has 2 heterocycles. The fourth-order valence-corrected chi connectivity index (χ4v) is 2.69. The fourth-order valence-electron chi connectivity index (χ4n) is 1.91. The molecule has 0 bridgehead atoms. The van der Waals surface area contributed by atoms with Crippen molar-refractivity contribution in [1.29, 1.82) is 0 Å². The van der Waals surface area contributed by atoms with E-state index in [4.69, 9.17) is 10.6 Å². The van der Waals surface area contributed by atoms with Gasteiger partial charge in [0.15, 0.2) is 11.6 Å². The number of rotatable bonds is 5. The van der Waals surface area contributed by atoms with E-state index in [0.717, 1.165) is 15.8 Å². The number of aromatic nitrogens is 2. The molecule has 0 atom stereocenters. The van der Waals surface area contributed by atoms with Crippen LogP contribution in [-0.2, 0) is 18.0 Å². The van der Waals surface area contributed by atoms with Crippen LogP contribution in [-0.4, -0.2) is 9.97 Å². The first-order chi connectivity index (χ1) is 9.86. The lowest BCUT2D eigenvalue weighted by molar-refractivity contribution is 0.102. The fraction of sp³-hybridized carbons (Fsp3) is 0.143. The van der Waals surface area contributed by atoms with Crippen molar-refractivity contribution in [3.63, 3.8) is 0 Å². The molecule has 3 rings (SSSR count). The molecule has 5 nitrogen and oxygen atoms in total. The summed E-state index contributed by atoms with van der Waals surface area (Å²) in [6.07, 6.45) is 0. The Kier molecular flexibility index (Phi) is 3.87. The van der Waals surface area contributed by atoms with E-state index in [1.165, 1.54) is 0 Å². The number of ether oxygens (including phenoxy) is 1. The lowest BCUT2D eigenvalue weighted by Crippen LogP contribution is -2.11. The maximum absolute atomic E-state index is 5.64. The number of nitrogens with zero attached hydrogens (tertiary/aromatic N) is 2. The molecular weight excluding hydrogens is 272 g/mol. The molecule has 2 aromatic heterocycles. The number of nitrogens with two attached hydrogens (primary N) is 1. The van der Waals surface area contributed by atoms with Crippen LogP contribution in [0.3, 0.4) is 0 Å². The predicted molar refractivity (Wildman–Crippen MR) is 80.2 cm³/mol. The Morgan fingerprint density at radius 2 is 1.95 bits per heavy atom. The smallest absolute Gasteiger partial charge is 0.158 e. The maximum Gasteiger partial charge on any atom is 0.158 e. The summed E-state index contributed by atoms with van der Waals surface area (Å²) in [6, 6.07) is 12.0. The van der Waals surface area contributed by atoms with E-state index in [2.05, 4.69) is 15.4 Å². The van der Waals surface area contributed by atoms with Crippen molar-refractivity contribution in [2.45, 2.75) is 13.2 Å². The molecule has 6 heteroatoms. The second-order valence-electron chi connectivity index (χ2n) is 4.25. The van der Waals surface area contributed by atoms with Gasteiger partial charge in [-0.05, 0) is 17.0 Å². The molecule has 20 heavy (non-hydrogen) atoms. The van der Waals surface area contributed by atoms with E-state index >= 15 is 0 Å². The van der Waals surface area contributed by atoms with Crippen LogP contribution < -0.4 is 11.3 Å². The highest BCUT2D eigenvalue weighted by atomic mass is 32.1. The molecule has 0 aliphatic heterocycles. The normalized spacial score (nSPS) is 10.8. The van der Waals surface area contributed by atoms with E-state index in [1.807, 2.05) is 41.8 Å². The molecule has 0 amide bonds. The van der Waals surface area contributed by atoms with Gasteiger partial charge in [0.2, 0.25) is 0 Å². The molecule has 0 unspecified atom stereocenters. The standard InChI is InChI=1S/C14H14N4OS/c15-18-13-11-6-7-20-14(11)17-12(16-13)9-19-8-10-4-2-1-3-5-10/h1-7H,8-9,15H2,(H,16,17,18). The van der Waals surface area contributed by atoms with Crippen molar-refractivity contribution in [3.8, 4) is 0 Å². The average Bonchev–Trinajstić information content (AvgIpc) is 2.96. The van der Waals surface area contributed by atoms with E-state index < -0.39 is 0 Å². The second kappa shape index (κ2) is 5.96. The first-order valence-electron chi connectivity index (χ1n) is 6.19. The minimum absolute atomic E-state index is 0.359. The summed E-state index contributed by atoms with van der Waals surface area (Å²) in [5.74, 6) is 6.75. The van der Waals surface area contributed by atoms with Crippen LogP contribution in [0.2, 0.25) is 0 Å². The summed E-state index contributed by atoms with van der Waals surface area (Å²) in [7, 11) is 0. The summed E-state index contributed by atoms with van der Waals surface area (Å²) < 4.78 is 5.64. The summed E-state index contributed by atoms with van der Waals surface area (Å²) in [6.45, 7) is 0.898. The van der Waals surface area contributed by atoms with Crippen LogP contribution in [0.25, 0.3) is 10.2 Å². The molecule has 0 aliphatic rings. The highest BCUT2D eigenvalue weighted by Gasteiger charge is 2.08. The largest absolute Gasteiger partial charge is 0.369 e. The minimum Gasteiger partial charge on any atom is -0.369 e. The zero-order valence-electron chi connectivity index (χ0n) is 10.7. The molecule has 1 aromatic carbocycles. The number of fused-ring (bicyclic) bond motifs is 1. The second-order valence-corrected chi connectivity index (χ2v) is 5.15. The van der Waals surface area contributed by atoms with Gasteiger partial charge in [-0.25, -0.2) is 15.8 Å². The zero-order valence-corrected chi connectivity index (χ0v) is 11.6. The molecule has 3 N–H and O–H groups in total. The maximum atomic E-state index is 5.64. The zero-order chi connectivity index (χ0) is 13.8. The first kappa shape index (κ1) is 13.0. The molecule has 0 saturated carbocycles. The third-order valence-electron chi connectivity index (χ3n) is 2.85. The molecule has 0 saturated heterocycles. The topological polar surface area (TPSA) is 73.1 Å². The predicted octanol–water partition coefficient (Wildman–Crippen LogP) is 2.69. The number of hydrogen-bond acceptors (Lipinski definition) is 6. The van der Waals surface area contributed by atoms with Gasteiger partial charge in [-0.1, -0.05) is 30.3 Å².